The lowest BCUT2D eigenvalue weighted by Gasteiger charge is -2.34. The van der Waals surface area contributed by atoms with Crippen LogP contribution in [0.2, 0.25) is 0 Å². The first-order valence-electron chi connectivity index (χ1n) is 19.6. The maximum Gasteiger partial charge on any atom is 0.338 e. The lowest BCUT2D eigenvalue weighted by atomic mass is 9.84. The molecule has 0 aliphatic heterocycles. The van der Waals surface area contributed by atoms with Crippen LogP contribution in [0.25, 0.3) is 0 Å². The zero-order chi connectivity index (χ0) is 46.2. The largest absolute Gasteiger partial charge is 0.461 e. The Kier molecular flexibility index (Phi) is 17.4. The summed E-state index contributed by atoms with van der Waals surface area (Å²) in [5.74, 6) is -4.57. The van der Waals surface area contributed by atoms with Crippen LogP contribution in [0.3, 0.4) is 0 Å². The van der Waals surface area contributed by atoms with E-state index in [1.165, 1.54) is 119 Å². The van der Waals surface area contributed by atoms with Crippen molar-refractivity contribution in [3.8, 4) is 23.0 Å². The Balaban J connectivity index is 1.60. The van der Waals surface area contributed by atoms with Crippen LogP contribution in [0.4, 0.5) is 0 Å². The summed E-state index contributed by atoms with van der Waals surface area (Å²) in [6.45, 7) is 6.83. The Morgan fingerprint density at radius 2 is 0.778 bits per heavy atom. The predicted molar refractivity (Wildman–Crippen MR) is 222 cm³/mol. The van der Waals surface area contributed by atoms with E-state index in [1.54, 1.807) is 19.9 Å². The van der Waals surface area contributed by atoms with Crippen molar-refractivity contribution in [2.45, 2.75) is 54.4 Å². The van der Waals surface area contributed by atoms with Crippen molar-refractivity contribution in [1.82, 2.24) is 0 Å². The number of carbonyl (C=O) groups is 8. The van der Waals surface area contributed by atoms with E-state index in [0.717, 1.165) is 0 Å². The molecule has 0 bridgehead atoms. The molecule has 0 N–H and O–H groups in total. The average Bonchev–Trinajstić information content (AvgIpc) is 3.23. The number of rotatable bonds is 21. The van der Waals surface area contributed by atoms with Gasteiger partial charge in [0.2, 0.25) is 0 Å². The lowest BCUT2D eigenvalue weighted by Crippen LogP contribution is -2.40. The smallest absolute Gasteiger partial charge is 0.338 e. The molecule has 63 heavy (non-hydrogen) atoms. The summed E-state index contributed by atoms with van der Waals surface area (Å²) >= 11 is 0. The molecule has 0 radical (unpaired) electrons. The molecule has 1 atom stereocenters. The van der Waals surface area contributed by atoms with Crippen molar-refractivity contribution in [2.24, 2.45) is 10.8 Å². The minimum absolute atomic E-state index is 0.0721. The van der Waals surface area contributed by atoms with Crippen LogP contribution in [-0.2, 0) is 38.1 Å². The van der Waals surface area contributed by atoms with Crippen LogP contribution in [0.5, 0.6) is 23.0 Å². The highest BCUT2D eigenvalue weighted by Gasteiger charge is 2.36. The highest BCUT2D eigenvalue weighted by atomic mass is 16.6. The minimum atomic E-state index is -1.22. The monoisotopic (exact) mass is 868 g/mol. The zero-order valence-electron chi connectivity index (χ0n) is 35.7. The zero-order valence-corrected chi connectivity index (χ0v) is 35.7. The molecule has 4 aromatic carbocycles. The second-order valence-corrected chi connectivity index (χ2v) is 15.0. The van der Waals surface area contributed by atoms with Crippen LogP contribution < -0.4 is 18.9 Å². The second-order valence-electron chi connectivity index (χ2n) is 15.0. The molecule has 16 nitrogen and oxygen atoms in total. The van der Waals surface area contributed by atoms with Crippen molar-refractivity contribution < 1.29 is 76.3 Å². The Hall–Kier alpha value is -7.20. The molecule has 0 fully saturated rings. The fourth-order valence-electron chi connectivity index (χ4n) is 5.96. The number of ether oxygens (including phenoxy) is 8. The highest BCUT2D eigenvalue weighted by Crippen LogP contribution is 2.31. The van der Waals surface area contributed by atoms with Crippen molar-refractivity contribution in [3.63, 3.8) is 0 Å². The Bertz CT molecular complexity index is 2260. The van der Waals surface area contributed by atoms with E-state index >= 15 is 0 Å². The molecular weight excluding hydrogens is 821 g/mol. The van der Waals surface area contributed by atoms with E-state index in [0.29, 0.717) is 0 Å². The molecule has 1 unspecified atom stereocenters. The van der Waals surface area contributed by atoms with Crippen molar-refractivity contribution in [3.05, 3.63) is 119 Å². The van der Waals surface area contributed by atoms with Gasteiger partial charge >= 0.3 is 41.8 Å². The predicted octanol–water partition coefficient (Wildman–Crippen LogP) is 6.95. The SMILES string of the molecule is CCC(COCC(C)(COC(=O)c1cccc(OC(C)=O)c1)CC(=O)c1cccc(OC(C)=O)c1)(COC(=O)c1cccc(OC(C)=O)c1)COC(=O)c1cccc(OC(C)=O)c1. The van der Waals surface area contributed by atoms with Crippen LogP contribution in [0.1, 0.15) is 95.8 Å². The van der Waals surface area contributed by atoms with Gasteiger partial charge in [0.25, 0.3) is 0 Å². The molecule has 0 aromatic heterocycles. The normalized spacial score (nSPS) is 11.8. The number of Topliss-reactive ketones (excluding diaryl/α,β-unsaturated/α-hetero) is 1. The van der Waals surface area contributed by atoms with Gasteiger partial charge in [0.05, 0.1) is 41.9 Å². The fourth-order valence-corrected chi connectivity index (χ4v) is 5.96. The van der Waals surface area contributed by atoms with Gasteiger partial charge in [-0.15, -0.1) is 0 Å². The van der Waals surface area contributed by atoms with Gasteiger partial charge < -0.3 is 37.9 Å². The third-order valence-corrected chi connectivity index (χ3v) is 9.18. The average molecular weight is 869 g/mol. The number of ketones is 1. The summed E-state index contributed by atoms with van der Waals surface area (Å²) in [6, 6.07) is 23.4. The van der Waals surface area contributed by atoms with E-state index < -0.39 is 58.4 Å². The van der Waals surface area contributed by atoms with Gasteiger partial charge in [-0.25, -0.2) is 14.4 Å². The van der Waals surface area contributed by atoms with Gasteiger partial charge in [0, 0.05) is 45.1 Å². The molecule has 0 aliphatic rings. The minimum Gasteiger partial charge on any atom is -0.461 e. The van der Waals surface area contributed by atoms with Crippen LogP contribution in [0.15, 0.2) is 97.1 Å². The number of benzene rings is 4. The second kappa shape index (κ2) is 22.6. The van der Waals surface area contributed by atoms with Gasteiger partial charge in [-0.3, -0.25) is 24.0 Å². The summed E-state index contributed by atoms with van der Waals surface area (Å²) in [5.41, 5.74) is -2.01. The molecule has 0 heterocycles. The van der Waals surface area contributed by atoms with Crippen molar-refractivity contribution in [1.29, 1.82) is 0 Å². The summed E-state index contributed by atoms with van der Waals surface area (Å²) < 4.78 is 44.0. The molecule has 4 rings (SSSR count). The van der Waals surface area contributed by atoms with E-state index in [4.69, 9.17) is 37.9 Å². The Morgan fingerprint density at radius 3 is 1.13 bits per heavy atom. The number of carbonyl (C=O) groups excluding carboxylic acids is 8. The summed E-state index contributed by atoms with van der Waals surface area (Å²) in [7, 11) is 0. The maximum absolute atomic E-state index is 13.8. The van der Waals surface area contributed by atoms with E-state index in [1.807, 2.05) is 0 Å². The van der Waals surface area contributed by atoms with E-state index in [-0.39, 0.29) is 91.1 Å². The van der Waals surface area contributed by atoms with Crippen molar-refractivity contribution in [2.75, 3.05) is 33.0 Å². The fraction of sp³-hybridized carbons (Fsp3) is 0.319. The first-order chi connectivity index (χ1) is 29.9. The molecule has 4 aromatic rings. The molecule has 0 aliphatic carbocycles. The third kappa shape index (κ3) is 15.7. The number of hydrogen-bond acceptors (Lipinski definition) is 16. The molecule has 0 saturated carbocycles. The van der Waals surface area contributed by atoms with Gasteiger partial charge in [0.15, 0.2) is 5.78 Å². The van der Waals surface area contributed by atoms with Gasteiger partial charge in [-0.1, -0.05) is 44.2 Å². The van der Waals surface area contributed by atoms with Gasteiger partial charge in [-0.05, 0) is 73.2 Å². The molecule has 0 saturated heterocycles. The molecule has 0 amide bonds. The lowest BCUT2D eigenvalue weighted by molar-refractivity contribution is -0.132. The van der Waals surface area contributed by atoms with Crippen LogP contribution in [0, 0.1) is 10.8 Å². The highest BCUT2D eigenvalue weighted by molar-refractivity contribution is 5.97. The summed E-state index contributed by atoms with van der Waals surface area (Å²) in [6.07, 6.45) is -0.0154. The molecule has 332 valence electrons. The first kappa shape index (κ1) is 48.5. The number of esters is 7. The van der Waals surface area contributed by atoms with E-state index in [9.17, 15) is 38.4 Å². The number of hydrogen-bond donors (Lipinski definition) is 0. The topological polar surface area (TPSA) is 210 Å². The first-order valence-corrected chi connectivity index (χ1v) is 19.6. The van der Waals surface area contributed by atoms with Crippen LogP contribution in [-0.4, -0.2) is 80.6 Å². The molecular formula is C47H48O16. The molecule has 16 heteroatoms. The summed E-state index contributed by atoms with van der Waals surface area (Å²) in [5, 5.41) is 0. The Labute approximate surface area is 363 Å². The van der Waals surface area contributed by atoms with E-state index in [2.05, 4.69) is 0 Å². The standard InChI is InChI=1S/C47H48O16/c1-7-47(28-58-44(54)36-14-10-18-40(22-36)62-32(4)50,29-59-45(55)37-15-11-19-41(23-37)63-33(5)51)27-56-25-46(6,24-42(52)34-12-8-16-38(20-34)60-30(2)48)26-57-43(53)35-13-9-17-39(21-35)61-31(3)49/h8-23H,7,24-29H2,1-6H3. The van der Waals surface area contributed by atoms with Crippen molar-refractivity contribution >= 4 is 47.6 Å². The molecule has 0 spiro atoms. The third-order valence-electron chi connectivity index (χ3n) is 9.18. The summed E-state index contributed by atoms with van der Waals surface area (Å²) in [4.78, 5) is 100. The maximum atomic E-state index is 13.8. The van der Waals surface area contributed by atoms with Gasteiger partial charge in [0.1, 0.15) is 36.2 Å². The van der Waals surface area contributed by atoms with Gasteiger partial charge in [-0.2, -0.15) is 0 Å². The Morgan fingerprint density at radius 1 is 0.444 bits per heavy atom. The quantitative estimate of drug-likeness (QED) is 0.0359. The van der Waals surface area contributed by atoms with Crippen LogP contribution >= 0.6 is 0 Å².